The predicted molar refractivity (Wildman–Crippen MR) is 121 cm³/mol. The van der Waals surface area contributed by atoms with E-state index in [0.29, 0.717) is 16.8 Å². The van der Waals surface area contributed by atoms with Gasteiger partial charge in [0.25, 0.3) is 5.91 Å². The summed E-state index contributed by atoms with van der Waals surface area (Å²) in [6.45, 7) is 5.34. The zero-order chi connectivity index (χ0) is 24.6. The molecule has 2 aromatic heterocycles. The molecule has 34 heavy (non-hydrogen) atoms. The number of rotatable bonds is 5. The number of nitrogens with one attached hydrogen (secondary N) is 2. The maximum absolute atomic E-state index is 13.8. The molecule has 3 aromatic rings. The highest BCUT2D eigenvalue weighted by Crippen LogP contribution is 2.40. The number of carbonyl (C=O) groups excluding carboxylic acids is 3. The second kappa shape index (κ2) is 8.97. The summed E-state index contributed by atoms with van der Waals surface area (Å²) in [5.41, 5.74) is 3.47. The molecule has 1 atom stereocenters. The van der Waals surface area contributed by atoms with Crippen LogP contribution in [0.5, 0.6) is 0 Å². The molecular formula is C26H25N3O5. The van der Waals surface area contributed by atoms with E-state index in [1.54, 1.807) is 32.3 Å². The Kier molecular flexibility index (Phi) is 6.06. The van der Waals surface area contributed by atoms with Gasteiger partial charge in [0.2, 0.25) is 5.78 Å². The number of hydrogen-bond donors (Lipinski definition) is 1. The summed E-state index contributed by atoms with van der Waals surface area (Å²) in [4.78, 5) is 45.8. The highest BCUT2D eigenvalue weighted by molar-refractivity contribution is 6.46. The zero-order valence-electron chi connectivity index (χ0n) is 19.4. The average Bonchev–Trinajstić information content (AvgIpc) is 3.27. The first-order valence-corrected chi connectivity index (χ1v) is 10.8. The number of esters is 1. The normalized spacial score (nSPS) is 17.3. The minimum atomic E-state index is -0.858. The maximum atomic E-state index is 13.8. The molecule has 1 aromatic carbocycles. The first-order valence-electron chi connectivity index (χ1n) is 10.8. The van der Waals surface area contributed by atoms with E-state index >= 15 is 0 Å². The molecule has 0 spiro atoms. The molecule has 1 unspecified atom stereocenters. The number of aromatic nitrogens is 2. The molecule has 0 aliphatic carbocycles. The van der Waals surface area contributed by atoms with Gasteiger partial charge in [0, 0.05) is 22.9 Å². The summed E-state index contributed by atoms with van der Waals surface area (Å²) in [6.07, 6.45) is 3.49. The summed E-state index contributed by atoms with van der Waals surface area (Å²) in [7, 11) is 1.25. The predicted octanol–water partition coefficient (Wildman–Crippen LogP) is 1.96. The minimum Gasteiger partial charge on any atom is -0.872 e. The topological polar surface area (TPSA) is 117 Å². The third-order valence-electron chi connectivity index (χ3n) is 6.10. The van der Waals surface area contributed by atoms with Crippen LogP contribution >= 0.6 is 0 Å². The number of aryl methyl sites for hydroxylation is 2. The molecule has 174 valence electrons. The summed E-state index contributed by atoms with van der Waals surface area (Å²) >= 11 is 0. The maximum Gasteiger partial charge on any atom is 0.354 e. The van der Waals surface area contributed by atoms with E-state index in [-0.39, 0.29) is 23.4 Å². The number of ether oxygens (including phenoxy) is 1. The van der Waals surface area contributed by atoms with Gasteiger partial charge in [-0.2, -0.15) is 0 Å². The van der Waals surface area contributed by atoms with Crippen molar-refractivity contribution in [1.29, 1.82) is 0 Å². The number of pyridine rings is 1. The molecule has 1 amide bonds. The van der Waals surface area contributed by atoms with Gasteiger partial charge < -0.3 is 19.7 Å². The molecule has 2 N–H and O–H groups in total. The summed E-state index contributed by atoms with van der Waals surface area (Å²) in [5.74, 6) is -2.77. The molecule has 1 aliphatic heterocycles. The summed E-state index contributed by atoms with van der Waals surface area (Å²) in [5, 5.41) is 13.8. The first-order chi connectivity index (χ1) is 16.2. The largest absolute Gasteiger partial charge is 0.872 e. The number of H-pyrrole nitrogens is 2. The van der Waals surface area contributed by atoms with Crippen LogP contribution in [0.25, 0.3) is 5.76 Å². The Bertz CT molecular complexity index is 1310. The number of ketones is 1. The number of aromatic amines is 2. The van der Waals surface area contributed by atoms with E-state index in [1.807, 2.05) is 37.3 Å². The molecule has 0 saturated carbocycles. The van der Waals surface area contributed by atoms with Crippen LogP contribution in [0.1, 0.15) is 50.0 Å². The zero-order valence-corrected chi connectivity index (χ0v) is 19.4. The van der Waals surface area contributed by atoms with E-state index in [9.17, 15) is 19.5 Å². The van der Waals surface area contributed by atoms with Crippen molar-refractivity contribution >= 4 is 23.4 Å². The lowest BCUT2D eigenvalue weighted by Gasteiger charge is -2.27. The van der Waals surface area contributed by atoms with E-state index in [0.717, 1.165) is 11.1 Å². The van der Waals surface area contributed by atoms with Crippen molar-refractivity contribution in [3.05, 3.63) is 93.6 Å². The van der Waals surface area contributed by atoms with Crippen LogP contribution in [0.2, 0.25) is 0 Å². The van der Waals surface area contributed by atoms with Crippen LogP contribution in [-0.4, -0.2) is 34.7 Å². The first kappa shape index (κ1) is 23.0. The van der Waals surface area contributed by atoms with Crippen LogP contribution < -0.4 is 10.1 Å². The van der Waals surface area contributed by atoms with Gasteiger partial charge in [-0.05, 0) is 43.5 Å². The van der Waals surface area contributed by atoms with E-state index in [1.165, 1.54) is 12.0 Å². The number of Topliss-reactive ketones (excluding diaryl/α,β-unsaturated/α-hetero) is 1. The molecule has 1 aliphatic rings. The van der Waals surface area contributed by atoms with Crippen LogP contribution in [0, 0.1) is 20.8 Å². The van der Waals surface area contributed by atoms with Gasteiger partial charge >= 0.3 is 5.97 Å². The lowest BCUT2D eigenvalue weighted by molar-refractivity contribution is -0.378. The Morgan fingerprint density at radius 3 is 2.47 bits per heavy atom. The lowest BCUT2D eigenvalue weighted by atomic mass is 9.93. The summed E-state index contributed by atoms with van der Waals surface area (Å²) in [6, 6.07) is 10.2. The second-order valence-electron chi connectivity index (χ2n) is 8.35. The molecule has 0 radical (unpaired) electrons. The van der Waals surface area contributed by atoms with Gasteiger partial charge in [-0.15, -0.1) is 0 Å². The third kappa shape index (κ3) is 3.87. The molecule has 3 heterocycles. The fraction of sp³-hybridized carbons (Fsp3) is 0.231. The minimum absolute atomic E-state index is 0.129. The molecule has 8 nitrogen and oxygen atoms in total. The van der Waals surface area contributed by atoms with Gasteiger partial charge in [0.1, 0.15) is 5.69 Å². The van der Waals surface area contributed by atoms with Crippen LogP contribution in [0.4, 0.5) is 0 Å². The molecule has 0 bridgehead atoms. The van der Waals surface area contributed by atoms with Crippen LogP contribution in [0.3, 0.4) is 0 Å². The fourth-order valence-corrected chi connectivity index (χ4v) is 4.39. The average molecular weight is 460 g/mol. The van der Waals surface area contributed by atoms with Crippen LogP contribution in [-0.2, 0) is 20.9 Å². The summed E-state index contributed by atoms with van der Waals surface area (Å²) < 4.78 is 4.79. The van der Waals surface area contributed by atoms with Crippen molar-refractivity contribution in [1.82, 2.24) is 9.88 Å². The quantitative estimate of drug-likeness (QED) is 0.271. The van der Waals surface area contributed by atoms with Gasteiger partial charge in [-0.3, -0.25) is 9.59 Å². The molecule has 1 saturated heterocycles. The van der Waals surface area contributed by atoms with E-state index in [4.69, 9.17) is 4.74 Å². The number of amides is 1. The number of carbonyl (C=O) groups is 3. The molecular weight excluding hydrogens is 434 g/mol. The Labute approximate surface area is 196 Å². The lowest BCUT2D eigenvalue weighted by Crippen LogP contribution is -2.29. The highest BCUT2D eigenvalue weighted by Gasteiger charge is 2.44. The smallest absolute Gasteiger partial charge is 0.354 e. The molecule has 8 heteroatoms. The van der Waals surface area contributed by atoms with Crippen molar-refractivity contribution in [2.24, 2.45) is 0 Å². The molecule has 4 rings (SSSR count). The van der Waals surface area contributed by atoms with Crippen molar-refractivity contribution in [3.8, 4) is 0 Å². The van der Waals surface area contributed by atoms with Gasteiger partial charge in [0.05, 0.1) is 19.7 Å². The Hall–Kier alpha value is -4.20. The van der Waals surface area contributed by atoms with Crippen LogP contribution in [0.15, 0.2) is 54.4 Å². The number of nitrogens with zero attached hydrogens (tertiary/aromatic N) is 1. The van der Waals surface area contributed by atoms with Gasteiger partial charge in [-0.25, -0.2) is 9.78 Å². The third-order valence-corrected chi connectivity index (χ3v) is 6.10. The standard InChI is InChI=1S/C26H25N3O5/c1-14-7-9-18(10-8-14)22-20(23(30)19-15(2)21(26(33)34-4)28-16(19)3)24(31)25(32)29(22)13-17-6-5-11-27-12-17/h5-12,22,28,30H,13H2,1-4H3. The SMILES string of the molecule is COC(=O)c1[nH]c(C)c(C([O-])=C2C(=O)C(=O)N(Cc3ccc[nH+]c3)C2c2ccc(C)cc2)c1C. The van der Waals surface area contributed by atoms with Gasteiger partial charge in [0.15, 0.2) is 12.4 Å². The van der Waals surface area contributed by atoms with Crippen molar-refractivity contribution in [2.45, 2.75) is 33.4 Å². The Balaban J connectivity index is 1.91. The number of likely N-dealkylation sites (tertiary alicyclic amines) is 1. The van der Waals surface area contributed by atoms with E-state index < -0.39 is 29.5 Å². The number of hydrogen-bond acceptors (Lipinski definition) is 5. The van der Waals surface area contributed by atoms with Gasteiger partial charge in [-0.1, -0.05) is 35.6 Å². The Morgan fingerprint density at radius 2 is 1.85 bits per heavy atom. The van der Waals surface area contributed by atoms with E-state index in [2.05, 4.69) is 9.97 Å². The van der Waals surface area contributed by atoms with Crippen molar-refractivity contribution < 1.29 is 29.2 Å². The fourth-order valence-electron chi connectivity index (χ4n) is 4.39. The highest BCUT2D eigenvalue weighted by atomic mass is 16.5. The van der Waals surface area contributed by atoms with Crippen molar-refractivity contribution in [3.63, 3.8) is 0 Å². The molecule has 1 fully saturated rings. The Morgan fingerprint density at radius 1 is 1.15 bits per heavy atom. The second-order valence-corrected chi connectivity index (χ2v) is 8.35. The monoisotopic (exact) mass is 459 g/mol. The van der Waals surface area contributed by atoms with Crippen molar-refractivity contribution in [2.75, 3.05) is 7.11 Å². The number of benzene rings is 1. The number of methoxy groups -OCH3 is 1.